The van der Waals surface area contributed by atoms with Crippen LogP contribution in [0.3, 0.4) is 0 Å². The van der Waals surface area contributed by atoms with Crippen LogP contribution in [0.15, 0.2) is 192 Å². The summed E-state index contributed by atoms with van der Waals surface area (Å²) in [4.78, 5) is 2.40. The highest BCUT2D eigenvalue weighted by Gasteiger charge is 2.23. The Morgan fingerprint density at radius 2 is 0.981 bits per heavy atom. The Morgan fingerprint density at radius 1 is 0.377 bits per heavy atom. The van der Waals surface area contributed by atoms with Crippen LogP contribution in [0, 0.1) is 0 Å². The molecule has 0 unspecified atom stereocenters. The Balaban J connectivity index is 1.15. The molecule has 248 valence electrons. The van der Waals surface area contributed by atoms with E-state index in [1.54, 1.807) is 0 Å². The number of hydrogen-bond acceptors (Lipinski definition) is 3. The molecule has 11 aromatic rings. The molecule has 0 spiro atoms. The van der Waals surface area contributed by atoms with Crippen LogP contribution in [0.5, 0.6) is 0 Å². The average Bonchev–Trinajstić information content (AvgIpc) is 3.81. The lowest BCUT2D eigenvalue weighted by atomic mass is 9.93. The zero-order valence-electron chi connectivity index (χ0n) is 28.7. The van der Waals surface area contributed by atoms with E-state index in [9.17, 15) is 0 Å². The SMILES string of the molecule is c1ccc(-c2cccc3c2sc2c(N(c4ccc(-c5cc6ccccc6c6ccccc56)cc4)c4cccc5c4oc4ccccc45)cccc23)cc1. The van der Waals surface area contributed by atoms with E-state index in [1.165, 1.54) is 64.0 Å². The highest BCUT2D eigenvalue weighted by molar-refractivity contribution is 7.27. The van der Waals surface area contributed by atoms with Crippen LogP contribution in [-0.4, -0.2) is 0 Å². The summed E-state index contributed by atoms with van der Waals surface area (Å²) in [5, 5.41) is 9.80. The predicted molar refractivity (Wildman–Crippen MR) is 227 cm³/mol. The van der Waals surface area contributed by atoms with Gasteiger partial charge in [-0.3, -0.25) is 0 Å². The first-order chi connectivity index (χ1) is 26.3. The van der Waals surface area contributed by atoms with E-state index in [0.717, 1.165) is 39.0 Å². The largest absolute Gasteiger partial charge is 0.454 e. The Kier molecular flexibility index (Phi) is 6.76. The Bertz CT molecular complexity index is 3170. The van der Waals surface area contributed by atoms with Crippen molar-refractivity contribution in [2.45, 2.75) is 0 Å². The van der Waals surface area contributed by atoms with Crippen molar-refractivity contribution in [2.75, 3.05) is 4.90 Å². The second-order valence-corrected chi connectivity index (χ2v) is 14.6. The summed E-state index contributed by atoms with van der Waals surface area (Å²) in [6.45, 7) is 0. The molecule has 0 aliphatic rings. The molecule has 3 heteroatoms. The van der Waals surface area contributed by atoms with Gasteiger partial charge in [0.25, 0.3) is 0 Å². The van der Waals surface area contributed by atoms with Gasteiger partial charge in [-0.15, -0.1) is 11.3 Å². The fourth-order valence-corrected chi connectivity index (χ4v) is 9.57. The van der Waals surface area contributed by atoms with Crippen LogP contribution in [0.1, 0.15) is 0 Å². The molecule has 0 atom stereocenters. The third kappa shape index (κ3) is 4.71. The Hall–Kier alpha value is -6.68. The van der Waals surface area contributed by atoms with Crippen LogP contribution in [0.25, 0.3) is 85.9 Å². The molecular formula is C50H31NOS. The number of para-hydroxylation sites is 2. The number of hydrogen-bond donors (Lipinski definition) is 0. The predicted octanol–water partition coefficient (Wildman–Crippen LogP) is 15.1. The zero-order valence-corrected chi connectivity index (χ0v) is 29.5. The smallest absolute Gasteiger partial charge is 0.159 e. The van der Waals surface area contributed by atoms with Crippen molar-refractivity contribution in [1.82, 2.24) is 0 Å². The topological polar surface area (TPSA) is 16.4 Å². The number of anilines is 3. The summed E-state index contributed by atoms with van der Waals surface area (Å²) < 4.78 is 9.23. The molecule has 0 radical (unpaired) electrons. The maximum atomic E-state index is 6.70. The van der Waals surface area contributed by atoms with E-state index in [2.05, 4.69) is 187 Å². The molecule has 0 bridgehead atoms. The number of nitrogens with zero attached hydrogens (tertiary/aromatic N) is 1. The summed E-state index contributed by atoms with van der Waals surface area (Å²) in [6.07, 6.45) is 0. The Morgan fingerprint density at radius 3 is 1.81 bits per heavy atom. The molecule has 9 aromatic carbocycles. The van der Waals surface area contributed by atoms with E-state index in [0.29, 0.717) is 0 Å². The summed E-state index contributed by atoms with van der Waals surface area (Å²) in [6, 6.07) is 67.8. The van der Waals surface area contributed by atoms with Gasteiger partial charge in [0.05, 0.1) is 16.1 Å². The number of furan rings is 1. The minimum atomic E-state index is 0.876. The van der Waals surface area contributed by atoms with E-state index in [1.807, 2.05) is 17.4 Å². The molecular weight excluding hydrogens is 663 g/mol. The van der Waals surface area contributed by atoms with Crippen molar-refractivity contribution in [1.29, 1.82) is 0 Å². The molecule has 2 heterocycles. The van der Waals surface area contributed by atoms with Gasteiger partial charge in [0.15, 0.2) is 5.58 Å². The van der Waals surface area contributed by atoms with Gasteiger partial charge in [0.1, 0.15) is 5.58 Å². The number of rotatable bonds is 5. The fourth-order valence-electron chi connectivity index (χ4n) is 8.23. The summed E-state index contributed by atoms with van der Waals surface area (Å²) in [7, 11) is 0. The first-order valence-corrected chi connectivity index (χ1v) is 18.8. The molecule has 0 amide bonds. The molecule has 0 N–H and O–H groups in total. The number of fused-ring (bicyclic) bond motifs is 9. The number of thiophene rings is 1. The number of benzene rings is 9. The standard InChI is InChI=1S/C50H31NOS/c1-2-13-32(14-3-1)37-20-10-22-42-43-23-12-25-46(50(43)53-49(37)42)51(45-24-11-21-41-40-19-8-9-26-47(40)52-48(41)45)35-29-27-33(28-30-35)44-31-34-15-4-5-16-36(34)38-17-6-7-18-39(38)44/h1-31H. The van der Waals surface area contributed by atoms with E-state index < -0.39 is 0 Å². The van der Waals surface area contributed by atoms with Gasteiger partial charge in [-0.1, -0.05) is 152 Å². The van der Waals surface area contributed by atoms with Gasteiger partial charge in [-0.05, 0) is 80.2 Å². The first-order valence-electron chi connectivity index (χ1n) is 18.0. The van der Waals surface area contributed by atoms with Crippen LogP contribution in [0.2, 0.25) is 0 Å². The van der Waals surface area contributed by atoms with Crippen LogP contribution in [-0.2, 0) is 0 Å². The van der Waals surface area contributed by atoms with E-state index in [4.69, 9.17) is 4.42 Å². The van der Waals surface area contributed by atoms with E-state index in [-0.39, 0.29) is 0 Å². The van der Waals surface area contributed by atoms with Crippen molar-refractivity contribution in [3.05, 3.63) is 188 Å². The van der Waals surface area contributed by atoms with Crippen LogP contribution in [0.4, 0.5) is 17.1 Å². The summed E-state index contributed by atoms with van der Waals surface area (Å²) in [5.41, 5.74) is 9.87. The molecule has 2 aromatic heterocycles. The maximum Gasteiger partial charge on any atom is 0.159 e. The van der Waals surface area contributed by atoms with Crippen LogP contribution >= 0.6 is 11.3 Å². The summed E-state index contributed by atoms with van der Waals surface area (Å²) >= 11 is 1.87. The van der Waals surface area contributed by atoms with Gasteiger partial charge >= 0.3 is 0 Å². The van der Waals surface area contributed by atoms with Gasteiger partial charge in [-0.25, -0.2) is 0 Å². The molecule has 0 fully saturated rings. The van der Waals surface area contributed by atoms with Gasteiger partial charge in [-0.2, -0.15) is 0 Å². The second-order valence-electron chi connectivity index (χ2n) is 13.6. The lowest BCUT2D eigenvalue weighted by Gasteiger charge is -2.26. The normalized spacial score (nSPS) is 11.8. The lowest BCUT2D eigenvalue weighted by molar-refractivity contribution is 0.669. The van der Waals surface area contributed by atoms with Gasteiger partial charge in [0, 0.05) is 31.9 Å². The minimum Gasteiger partial charge on any atom is -0.454 e. The van der Waals surface area contributed by atoms with Crippen molar-refractivity contribution < 1.29 is 4.42 Å². The highest BCUT2D eigenvalue weighted by atomic mass is 32.1. The molecule has 2 nitrogen and oxygen atoms in total. The third-order valence-electron chi connectivity index (χ3n) is 10.7. The van der Waals surface area contributed by atoms with Crippen molar-refractivity contribution in [2.24, 2.45) is 0 Å². The molecule has 0 saturated heterocycles. The molecule has 11 rings (SSSR count). The van der Waals surface area contributed by atoms with Gasteiger partial charge in [0.2, 0.25) is 0 Å². The van der Waals surface area contributed by atoms with Gasteiger partial charge < -0.3 is 9.32 Å². The van der Waals surface area contributed by atoms with Crippen molar-refractivity contribution in [3.8, 4) is 22.3 Å². The quantitative estimate of drug-likeness (QED) is 0.167. The first kappa shape index (κ1) is 30.0. The summed E-state index contributed by atoms with van der Waals surface area (Å²) in [5.74, 6) is 0. The minimum absolute atomic E-state index is 0.876. The lowest BCUT2D eigenvalue weighted by Crippen LogP contribution is -2.10. The Labute approximate surface area is 310 Å². The van der Waals surface area contributed by atoms with Crippen LogP contribution < -0.4 is 4.90 Å². The van der Waals surface area contributed by atoms with E-state index >= 15 is 0 Å². The molecule has 0 saturated carbocycles. The maximum absolute atomic E-state index is 6.70. The fraction of sp³-hybridized carbons (Fsp3) is 0. The monoisotopic (exact) mass is 693 g/mol. The molecule has 53 heavy (non-hydrogen) atoms. The average molecular weight is 694 g/mol. The second kappa shape index (κ2) is 11.9. The van der Waals surface area contributed by atoms with Crippen molar-refractivity contribution in [3.63, 3.8) is 0 Å². The highest BCUT2D eigenvalue weighted by Crippen LogP contribution is 2.49. The third-order valence-corrected chi connectivity index (χ3v) is 11.9. The molecule has 0 aliphatic carbocycles. The van der Waals surface area contributed by atoms with Crippen molar-refractivity contribution >= 4 is 92.1 Å². The zero-order chi connectivity index (χ0) is 34.9. The molecule has 0 aliphatic heterocycles.